The smallest absolute Gasteiger partial charge is 0.0465 e. The molecule has 0 bridgehead atoms. The molecule has 1 aliphatic rings. The van der Waals surface area contributed by atoms with Gasteiger partial charge >= 0.3 is 0 Å². The molecule has 7 rings (SSSR count). The first-order chi connectivity index (χ1) is 19.6. The molecule has 0 atom stereocenters. The molecule has 0 fully saturated rings. The third kappa shape index (κ3) is 7.39. The number of benzene rings is 6. The minimum atomic E-state index is -0.106. The number of hydrogen-bond acceptors (Lipinski definition) is 1. The molecule has 222 valence electrons. The second-order valence-corrected chi connectivity index (χ2v) is 11.1. The molecular formula is C40H36NV4-. The van der Waals surface area contributed by atoms with E-state index in [1.54, 1.807) is 0 Å². The minimum Gasteiger partial charge on any atom is -0.358 e. The maximum Gasteiger partial charge on any atom is 0.0465 e. The van der Waals surface area contributed by atoms with Crippen molar-refractivity contribution in [3.8, 4) is 33.4 Å². The first kappa shape index (κ1) is 38.6. The van der Waals surface area contributed by atoms with Crippen LogP contribution < -0.4 is 4.90 Å². The van der Waals surface area contributed by atoms with Crippen LogP contribution in [0, 0.1) is 7.43 Å². The van der Waals surface area contributed by atoms with Crippen molar-refractivity contribution in [2.24, 2.45) is 0 Å². The Kier molecular flexibility index (Phi) is 14.0. The molecule has 0 saturated heterocycles. The van der Waals surface area contributed by atoms with Gasteiger partial charge in [-0.2, -0.15) is 0 Å². The van der Waals surface area contributed by atoms with Crippen molar-refractivity contribution in [2.45, 2.75) is 19.3 Å². The Morgan fingerprint density at radius 3 is 1.33 bits per heavy atom. The summed E-state index contributed by atoms with van der Waals surface area (Å²) < 4.78 is 0. The van der Waals surface area contributed by atoms with Crippen molar-refractivity contribution in [1.82, 2.24) is 0 Å². The van der Waals surface area contributed by atoms with Gasteiger partial charge in [-0.3, -0.25) is 0 Å². The Hall–Kier alpha value is -2.54. The zero-order chi connectivity index (χ0) is 27.1. The molecule has 0 saturated carbocycles. The average molecular weight is 735 g/mol. The monoisotopic (exact) mass is 734 g/mol. The Labute approximate surface area is 317 Å². The van der Waals surface area contributed by atoms with Crippen molar-refractivity contribution >= 4 is 17.1 Å². The predicted molar refractivity (Wildman–Crippen MR) is 178 cm³/mol. The maximum absolute atomic E-state index is 2.40. The van der Waals surface area contributed by atoms with Crippen molar-refractivity contribution in [1.29, 1.82) is 0 Å². The van der Waals surface area contributed by atoms with E-state index >= 15 is 0 Å². The van der Waals surface area contributed by atoms with Crippen LogP contribution in [0.3, 0.4) is 0 Å². The number of nitrogens with zero attached hydrogens (tertiary/aromatic N) is 1. The van der Waals surface area contributed by atoms with E-state index in [2.05, 4.69) is 170 Å². The quantitative estimate of drug-likeness (QED) is 0.159. The van der Waals surface area contributed by atoms with Gasteiger partial charge in [0.2, 0.25) is 0 Å². The van der Waals surface area contributed by atoms with E-state index in [1.165, 1.54) is 50.2 Å². The van der Waals surface area contributed by atoms with E-state index in [4.69, 9.17) is 0 Å². The zero-order valence-electron chi connectivity index (χ0n) is 25.7. The summed E-state index contributed by atoms with van der Waals surface area (Å²) in [7, 11) is 0. The standard InChI is InChI=1S/C39H31N.CH3.4V.H2/c1-39(2)37-26-31(29-14-8-4-9-15-29)20-24-35(37)36-25-23-34(27-38(36)39)40(32-16-10-5-11-17-32)33-21-18-30(19-22-33)28-12-6-3-7-13-28;;;;;;/h3-27H,1-2H3;1H3;;;;;1H/q;-1;;;;;. The topological polar surface area (TPSA) is 3.24 Å². The van der Waals surface area contributed by atoms with E-state index in [1.807, 2.05) is 0 Å². The van der Waals surface area contributed by atoms with Gasteiger partial charge < -0.3 is 12.3 Å². The Bertz CT molecular complexity index is 1810. The van der Waals surface area contributed by atoms with E-state index < -0.39 is 0 Å². The molecule has 6 aromatic rings. The van der Waals surface area contributed by atoms with Crippen LogP contribution in [-0.2, 0) is 79.6 Å². The third-order valence-corrected chi connectivity index (χ3v) is 8.27. The number of anilines is 3. The average Bonchev–Trinajstić information content (AvgIpc) is 3.24. The molecular weight excluding hydrogens is 698 g/mol. The predicted octanol–water partition coefficient (Wildman–Crippen LogP) is 11.5. The number of para-hydroxylation sites is 1. The fourth-order valence-electron chi connectivity index (χ4n) is 6.13. The van der Waals surface area contributed by atoms with Gasteiger partial charge in [-0.15, -0.1) is 0 Å². The molecule has 0 aliphatic heterocycles. The van der Waals surface area contributed by atoms with Gasteiger partial charge in [0.25, 0.3) is 0 Å². The molecule has 0 amide bonds. The Balaban J connectivity index is 0.00000176. The molecule has 0 spiro atoms. The van der Waals surface area contributed by atoms with Crippen LogP contribution in [0.4, 0.5) is 17.1 Å². The van der Waals surface area contributed by atoms with Crippen LogP contribution in [-0.4, -0.2) is 0 Å². The largest absolute Gasteiger partial charge is 0.358 e. The molecule has 5 heteroatoms. The third-order valence-electron chi connectivity index (χ3n) is 8.27. The number of hydrogen-bond donors (Lipinski definition) is 0. The number of rotatable bonds is 5. The normalized spacial score (nSPS) is 11.5. The maximum atomic E-state index is 2.40. The molecule has 0 heterocycles. The van der Waals surface area contributed by atoms with Gasteiger partial charge in [0.15, 0.2) is 0 Å². The van der Waals surface area contributed by atoms with Crippen molar-refractivity contribution in [3.63, 3.8) is 0 Å². The summed E-state index contributed by atoms with van der Waals surface area (Å²) in [6, 6.07) is 54.8. The molecule has 45 heavy (non-hydrogen) atoms. The molecule has 4 radical (unpaired) electrons. The first-order valence-corrected chi connectivity index (χ1v) is 14.0. The van der Waals surface area contributed by atoms with Crippen LogP contribution >= 0.6 is 0 Å². The van der Waals surface area contributed by atoms with Crippen LogP contribution in [0.25, 0.3) is 33.4 Å². The summed E-state index contributed by atoms with van der Waals surface area (Å²) in [5.41, 5.74) is 13.8. The van der Waals surface area contributed by atoms with Crippen LogP contribution in [0.15, 0.2) is 152 Å². The van der Waals surface area contributed by atoms with E-state index in [9.17, 15) is 0 Å². The van der Waals surface area contributed by atoms with Crippen LogP contribution in [0.5, 0.6) is 0 Å². The van der Waals surface area contributed by atoms with Crippen LogP contribution in [0.1, 0.15) is 26.4 Å². The first-order valence-electron chi connectivity index (χ1n) is 14.0. The summed E-state index contributed by atoms with van der Waals surface area (Å²) in [6.07, 6.45) is 0. The molecule has 1 aliphatic carbocycles. The van der Waals surface area contributed by atoms with Gasteiger partial charge in [0, 0.05) is 98.1 Å². The fraction of sp³-hybridized carbons (Fsp3) is 0.0750. The zero-order valence-corrected chi connectivity index (χ0v) is 31.3. The second kappa shape index (κ2) is 16.3. The Morgan fingerprint density at radius 1 is 0.400 bits per heavy atom. The van der Waals surface area contributed by atoms with E-state index in [0.29, 0.717) is 0 Å². The summed E-state index contributed by atoms with van der Waals surface area (Å²) in [6.45, 7) is 4.72. The summed E-state index contributed by atoms with van der Waals surface area (Å²) >= 11 is 0. The van der Waals surface area contributed by atoms with Gasteiger partial charge in [-0.05, 0) is 87.0 Å². The van der Waals surface area contributed by atoms with Crippen molar-refractivity contribution < 1.29 is 75.6 Å². The van der Waals surface area contributed by atoms with Crippen molar-refractivity contribution in [2.75, 3.05) is 4.90 Å². The molecule has 1 nitrogen and oxygen atoms in total. The van der Waals surface area contributed by atoms with E-state index in [0.717, 1.165) is 11.4 Å². The molecule has 0 unspecified atom stereocenters. The summed E-state index contributed by atoms with van der Waals surface area (Å²) in [5, 5.41) is 0. The summed E-state index contributed by atoms with van der Waals surface area (Å²) in [4.78, 5) is 2.36. The van der Waals surface area contributed by atoms with Gasteiger partial charge in [-0.1, -0.05) is 123 Å². The molecule has 6 aromatic carbocycles. The SMILES string of the molecule is CC1(C)c2cc(-c3ccccc3)ccc2-c2ccc(N(c3ccccc3)c3ccc(-c4ccccc4)cc3)cc21.[CH3-].[HH].[V].[V].[V].[V]. The fourth-order valence-corrected chi connectivity index (χ4v) is 6.13. The van der Waals surface area contributed by atoms with Gasteiger partial charge in [0.05, 0.1) is 0 Å². The van der Waals surface area contributed by atoms with Crippen molar-refractivity contribution in [3.05, 3.63) is 170 Å². The second-order valence-electron chi connectivity index (χ2n) is 11.1. The minimum absolute atomic E-state index is 0. The Morgan fingerprint density at radius 2 is 0.778 bits per heavy atom. The molecule has 0 N–H and O–H groups in total. The van der Waals surface area contributed by atoms with Crippen LogP contribution in [0.2, 0.25) is 0 Å². The van der Waals surface area contributed by atoms with Gasteiger partial charge in [0.1, 0.15) is 0 Å². The van der Waals surface area contributed by atoms with Gasteiger partial charge in [-0.25, -0.2) is 0 Å². The van der Waals surface area contributed by atoms with E-state index in [-0.39, 0.29) is 88.5 Å². The molecule has 0 aromatic heterocycles. The number of fused-ring (bicyclic) bond motifs is 3. The summed E-state index contributed by atoms with van der Waals surface area (Å²) in [5.74, 6) is 0.